The molecular formula is C11H23N3O. The van der Waals surface area contributed by atoms with Gasteiger partial charge in [0.15, 0.2) is 5.78 Å². The zero-order chi connectivity index (χ0) is 11.1. The summed E-state index contributed by atoms with van der Waals surface area (Å²) in [6.07, 6.45) is 0.629. The highest BCUT2D eigenvalue weighted by Crippen LogP contribution is 1.98. The minimum Gasteiger partial charge on any atom is -0.314 e. The maximum Gasteiger partial charge on any atom is 0.150 e. The number of nitrogens with one attached hydrogen (secondary N) is 2. The molecule has 0 radical (unpaired) electrons. The van der Waals surface area contributed by atoms with E-state index in [2.05, 4.69) is 15.5 Å². The number of Topliss-reactive ketones (excluding diaryl/α,β-unsaturated/α-hetero) is 1. The molecule has 1 unspecified atom stereocenters. The topological polar surface area (TPSA) is 44.4 Å². The maximum absolute atomic E-state index is 11.7. The van der Waals surface area contributed by atoms with Gasteiger partial charge in [-0.3, -0.25) is 9.69 Å². The van der Waals surface area contributed by atoms with Gasteiger partial charge in [-0.25, -0.2) is 0 Å². The smallest absolute Gasteiger partial charge is 0.150 e. The molecule has 1 saturated heterocycles. The normalized spacial score (nSPS) is 20.1. The fraction of sp³-hybridized carbons (Fsp3) is 0.909. The van der Waals surface area contributed by atoms with E-state index in [0.29, 0.717) is 12.2 Å². The van der Waals surface area contributed by atoms with Crippen molar-refractivity contribution in [1.82, 2.24) is 15.5 Å². The lowest BCUT2D eigenvalue weighted by atomic mass is 10.1. The number of carbonyl (C=O) groups is 1. The van der Waals surface area contributed by atoms with Gasteiger partial charge in [0.25, 0.3) is 0 Å². The summed E-state index contributed by atoms with van der Waals surface area (Å²) in [6.45, 7) is 9.90. The summed E-state index contributed by atoms with van der Waals surface area (Å²) >= 11 is 0. The highest BCUT2D eigenvalue weighted by molar-refractivity contribution is 5.83. The summed E-state index contributed by atoms with van der Waals surface area (Å²) in [5.74, 6) is 0.329. The summed E-state index contributed by atoms with van der Waals surface area (Å²) in [7, 11) is 0. The molecule has 0 saturated carbocycles. The Balaban J connectivity index is 2.38. The molecule has 0 aromatic rings. The molecule has 0 aromatic carbocycles. The Morgan fingerprint density at radius 3 is 2.60 bits per heavy atom. The highest BCUT2D eigenvalue weighted by Gasteiger charge is 2.20. The van der Waals surface area contributed by atoms with E-state index >= 15 is 0 Å². The lowest BCUT2D eigenvalue weighted by molar-refractivity contribution is -0.121. The van der Waals surface area contributed by atoms with Crippen LogP contribution in [-0.4, -0.2) is 56.0 Å². The highest BCUT2D eigenvalue weighted by atomic mass is 16.1. The fourth-order valence-electron chi connectivity index (χ4n) is 1.92. The minimum absolute atomic E-state index is 0.0260. The average molecular weight is 213 g/mol. The number of nitrogens with zero attached hydrogens (tertiary/aromatic N) is 1. The van der Waals surface area contributed by atoms with Crippen LogP contribution in [0.1, 0.15) is 20.3 Å². The molecule has 1 atom stereocenters. The van der Waals surface area contributed by atoms with Crippen molar-refractivity contribution in [1.29, 1.82) is 0 Å². The van der Waals surface area contributed by atoms with Gasteiger partial charge in [0.2, 0.25) is 0 Å². The van der Waals surface area contributed by atoms with Crippen LogP contribution in [0.15, 0.2) is 0 Å². The zero-order valence-electron chi connectivity index (χ0n) is 9.88. The van der Waals surface area contributed by atoms with Crippen molar-refractivity contribution in [2.75, 3.05) is 39.3 Å². The van der Waals surface area contributed by atoms with E-state index in [4.69, 9.17) is 0 Å². The predicted molar refractivity (Wildman–Crippen MR) is 62.1 cm³/mol. The van der Waals surface area contributed by atoms with Crippen LogP contribution in [0.2, 0.25) is 0 Å². The molecule has 0 amide bonds. The molecule has 0 aliphatic carbocycles. The Kier molecular flexibility index (Phi) is 5.83. The summed E-state index contributed by atoms with van der Waals surface area (Å²) in [5.41, 5.74) is 0. The van der Waals surface area contributed by atoms with Crippen molar-refractivity contribution in [3.05, 3.63) is 0 Å². The molecule has 4 nitrogen and oxygen atoms in total. The molecule has 88 valence electrons. The van der Waals surface area contributed by atoms with Crippen molar-refractivity contribution in [3.63, 3.8) is 0 Å². The predicted octanol–water partition coefficient (Wildman–Crippen LogP) is -0.151. The first kappa shape index (κ1) is 12.6. The van der Waals surface area contributed by atoms with E-state index < -0.39 is 0 Å². The van der Waals surface area contributed by atoms with E-state index in [0.717, 1.165) is 39.3 Å². The van der Waals surface area contributed by atoms with Crippen molar-refractivity contribution in [2.45, 2.75) is 26.3 Å². The van der Waals surface area contributed by atoms with E-state index in [-0.39, 0.29) is 6.04 Å². The summed E-state index contributed by atoms with van der Waals surface area (Å²) in [4.78, 5) is 14.0. The molecule has 0 bridgehead atoms. The van der Waals surface area contributed by atoms with Gasteiger partial charge in [0.05, 0.1) is 6.04 Å². The standard InChI is InChI=1S/C11H23N3O/c1-3-11(15)10(13-4-2)9-14-7-5-12-6-8-14/h10,12-13H,3-9H2,1-2H3. The van der Waals surface area contributed by atoms with E-state index in [9.17, 15) is 4.79 Å². The van der Waals surface area contributed by atoms with Crippen LogP contribution in [0.25, 0.3) is 0 Å². The van der Waals surface area contributed by atoms with Crippen molar-refractivity contribution < 1.29 is 4.79 Å². The third-order valence-corrected chi connectivity index (χ3v) is 2.84. The second kappa shape index (κ2) is 6.93. The molecule has 1 rings (SSSR count). The Bertz CT molecular complexity index is 190. The molecule has 1 aliphatic heterocycles. The second-order valence-corrected chi connectivity index (χ2v) is 3.98. The molecule has 2 N–H and O–H groups in total. The van der Waals surface area contributed by atoms with Crippen LogP contribution >= 0.6 is 0 Å². The first-order valence-electron chi connectivity index (χ1n) is 5.97. The fourth-order valence-corrected chi connectivity index (χ4v) is 1.92. The molecule has 1 heterocycles. The van der Waals surface area contributed by atoms with E-state index in [1.807, 2.05) is 13.8 Å². The minimum atomic E-state index is 0.0260. The van der Waals surface area contributed by atoms with Gasteiger partial charge in [-0.2, -0.15) is 0 Å². The lowest BCUT2D eigenvalue weighted by Gasteiger charge is -2.30. The average Bonchev–Trinajstić information content (AvgIpc) is 2.29. The second-order valence-electron chi connectivity index (χ2n) is 3.98. The lowest BCUT2D eigenvalue weighted by Crippen LogP contribution is -2.51. The van der Waals surface area contributed by atoms with Gasteiger partial charge in [0, 0.05) is 39.1 Å². The number of piperazine rings is 1. The Labute approximate surface area is 92.4 Å². The first-order chi connectivity index (χ1) is 7.27. The van der Waals surface area contributed by atoms with Gasteiger partial charge < -0.3 is 10.6 Å². The number of carbonyl (C=O) groups excluding carboxylic acids is 1. The van der Waals surface area contributed by atoms with Crippen molar-refractivity contribution in [2.24, 2.45) is 0 Å². The Morgan fingerprint density at radius 2 is 2.07 bits per heavy atom. The van der Waals surface area contributed by atoms with Gasteiger partial charge >= 0.3 is 0 Å². The third kappa shape index (κ3) is 4.28. The number of rotatable bonds is 6. The molecule has 4 heteroatoms. The SMILES string of the molecule is CCNC(CN1CCNCC1)C(=O)CC. The van der Waals surface area contributed by atoms with Crippen LogP contribution in [-0.2, 0) is 4.79 Å². The van der Waals surface area contributed by atoms with Gasteiger partial charge in [-0.1, -0.05) is 13.8 Å². The molecule has 15 heavy (non-hydrogen) atoms. The molecule has 0 spiro atoms. The van der Waals surface area contributed by atoms with Crippen LogP contribution in [0.3, 0.4) is 0 Å². The number of hydrogen-bond donors (Lipinski definition) is 2. The van der Waals surface area contributed by atoms with Crippen molar-refractivity contribution >= 4 is 5.78 Å². The maximum atomic E-state index is 11.7. The largest absolute Gasteiger partial charge is 0.314 e. The monoisotopic (exact) mass is 213 g/mol. The quantitative estimate of drug-likeness (QED) is 0.644. The van der Waals surface area contributed by atoms with Crippen LogP contribution < -0.4 is 10.6 Å². The molecule has 1 fully saturated rings. The van der Waals surface area contributed by atoms with E-state index in [1.54, 1.807) is 0 Å². The Hall–Kier alpha value is -0.450. The molecular weight excluding hydrogens is 190 g/mol. The van der Waals surface area contributed by atoms with Crippen molar-refractivity contribution in [3.8, 4) is 0 Å². The number of likely N-dealkylation sites (N-methyl/N-ethyl adjacent to an activating group) is 1. The molecule has 1 aliphatic rings. The third-order valence-electron chi connectivity index (χ3n) is 2.84. The van der Waals surface area contributed by atoms with Crippen LogP contribution in [0.5, 0.6) is 0 Å². The van der Waals surface area contributed by atoms with Gasteiger partial charge in [-0.15, -0.1) is 0 Å². The van der Waals surface area contributed by atoms with Crippen LogP contribution in [0, 0.1) is 0 Å². The Morgan fingerprint density at radius 1 is 1.40 bits per heavy atom. The van der Waals surface area contributed by atoms with Gasteiger partial charge in [-0.05, 0) is 6.54 Å². The van der Waals surface area contributed by atoms with E-state index in [1.165, 1.54) is 0 Å². The van der Waals surface area contributed by atoms with Gasteiger partial charge in [0.1, 0.15) is 0 Å². The van der Waals surface area contributed by atoms with Crippen LogP contribution in [0.4, 0.5) is 0 Å². The summed E-state index contributed by atoms with van der Waals surface area (Å²) in [6, 6.07) is 0.0260. The summed E-state index contributed by atoms with van der Waals surface area (Å²) in [5, 5.41) is 6.59. The first-order valence-corrected chi connectivity index (χ1v) is 5.97. The number of ketones is 1. The number of hydrogen-bond acceptors (Lipinski definition) is 4. The summed E-state index contributed by atoms with van der Waals surface area (Å²) < 4.78 is 0. The molecule has 0 aromatic heterocycles. The zero-order valence-corrected chi connectivity index (χ0v) is 9.88.